The molecule has 1 aromatic heterocycles. The number of carbonyl (C=O) groups excluding carboxylic acids is 1. The Morgan fingerprint density at radius 3 is 2.37 bits per heavy atom. The summed E-state index contributed by atoms with van der Waals surface area (Å²) >= 11 is 0. The number of hydrogen-bond donors (Lipinski definition) is 1. The Bertz CT molecular complexity index is 1150. The summed E-state index contributed by atoms with van der Waals surface area (Å²) in [5.41, 5.74) is 5.49. The Kier molecular flexibility index (Phi) is 10.3. The summed E-state index contributed by atoms with van der Waals surface area (Å²) in [4.78, 5) is 25.2. The predicted molar refractivity (Wildman–Crippen MR) is 137 cm³/mol. The number of nitrogens with zero attached hydrogens (tertiary/aromatic N) is 2. The van der Waals surface area contributed by atoms with E-state index in [2.05, 4.69) is 6.92 Å². The molecule has 0 spiro atoms. The van der Waals surface area contributed by atoms with E-state index < -0.39 is 15.6 Å². The lowest BCUT2D eigenvalue weighted by molar-refractivity contribution is -0.147. The van der Waals surface area contributed by atoms with Gasteiger partial charge >= 0.3 is 5.97 Å². The first-order valence-electron chi connectivity index (χ1n) is 12.9. The Labute approximate surface area is 208 Å². The number of fused-ring (bicyclic) bond motifs is 1. The summed E-state index contributed by atoms with van der Waals surface area (Å²) in [6, 6.07) is 6.08. The van der Waals surface area contributed by atoms with Crippen LogP contribution in [0.25, 0.3) is 10.8 Å². The molecule has 35 heavy (non-hydrogen) atoms. The Hall–Kier alpha value is -2.23. The molecule has 1 aromatic carbocycles. The summed E-state index contributed by atoms with van der Waals surface area (Å²) in [5, 5.41) is 0.627. The highest BCUT2D eigenvalue weighted by atomic mass is 32.2. The fourth-order valence-electron chi connectivity index (χ4n) is 4.52. The molecule has 1 fully saturated rings. The average Bonchev–Trinajstić information content (AvgIpc) is 3.29. The molecule has 0 saturated carbocycles. The number of sulfonamides is 1. The van der Waals surface area contributed by atoms with E-state index in [1.54, 1.807) is 18.2 Å². The average molecular weight is 506 g/mol. The van der Waals surface area contributed by atoms with Crippen molar-refractivity contribution in [3.8, 4) is 0 Å². The first-order chi connectivity index (χ1) is 16.8. The predicted octanol–water partition coefficient (Wildman–Crippen LogP) is 4.14. The second kappa shape index (κ2) is 13.2. The van der Waals surface area contributed by atoms with Crippen LogP contribution in [0.15, 0.2) is 40.2 Å². The second-order valence-electron chi connectivity index (χ2n) is 9.44. The van der Waals surface area contributed by atoms with E-state index >= 15 is 0 Å². The van der Waals surface area contributed by atoms with Gasteiger partial charge in [0.1, 0.15) is 0 Å². The monoisotopic (exact) mass is 505 g/mol. The third-order valence-corrected chi connectivity index (χ3v) is 8.56. The van der Waals surface area contributed by atoms with Crippen LogP contribution in [-0.2, 0) is 26.3 Å². The number of pyridine rings is 1. The van der Waals surface area contributed by atoms with Gasteiger partial charge in [-0.2, -0.15) is 4.31 Å². The lowest BCUT2D eigenvalue weighted by Crippen LogP contribution is -2.32. The van der Waals surface area contributed by atoms with E-state index in [0.717, 1.165) is 19.3 Å². The molecule has 3 rings (SSSR count). The summed E-state index contributed by atoms with van der Waals surface area (Å²) in [7, 11) is -3.76. The van der Waals surface area contributed by atoms with Crippen molar-refractivity contribution in [3.63, 3.8) is 0 Å². The molecule has 0 unspecified atom stereocenters. The van der Waals surface area contributed by atoms with Crippen molar-refractivity contribution in [2.45, 2.75) is 95.2 Å². The van der Waals surface area contributed by atoms with Crippen molar-refractivity contribution < 1.29 is 17.9 Å². The highest BCUT2D eigenvalue weighted by Crippen LogP contribution is 2.26. The van der Waals surface area contributed by atoms with Gasteiger partial charge in [-0.15, -0.1) is 0 Å². The number of rotatable bonds is 14. The van der Waals surface area contributed by atoms with Crippen molar-refractivity contribution in [1.29, 1.82) is 0 Å². The SMILES string of the molecule is CCCCCCCCCCCC(=O)OCn1ccc2c(S(=O)(=O)N3CC[C@H](N)C3)cccc2c1=O. The summed E-state index contributed by atoms with van der Waals surface area (Å²) < 4.78 is 34.2. The Morgan fingerprint density at radius 1 is 1.03 bits per heavy atom. The van der Waals surface area contributed by atoms with E-state index in [4.69, 9.17) is 10.5 Å². The zero-order valence-electron chi connectivity index (χ0n) is 20.8. The standard InChI is InChI=1S/C26H39N3O5S/c1-2-3-4-5-6-7-8-9-10-14-25(30)34-20-28-17-16-22-23(26(28)31)12-11-13-24(22)35(32,33)29-18-15-21(27)19-29/h11-13,16-17,21H,2-10,14-15,18-20,27H2,1H3/t21-/m0/s1. The molecule has 2 aromatic rings. The largest absolute Gasteiger partial charge is 0.444 e. The molecule has 0 radical (unpaired) electrons. The molecule has 9 heteroatoms. The number of unbranched alkanes of at least 4 members (excludes halogenated alkanes) is 8. The molecular weight excluding hydrogens is 466 g/mol. The minimum absolute atomic E-state index is 0.0932. The van der Waals surface area contributed by atoms with Gasteiger partial charge in [-0.05, 0) is 31.0 Å². The molecule has 0 amide bonds. The fraction of sp³-hybridized carbons (Fsp3) is 0.615. The maximum Gasteiger partial charge on any atom is 0.307 e. The zero-order valence-corrected chi connectivity index (χ0v) is 21.6. The molecule has 0 aliphatic carbocycles. The van der Waals surface area contributed by atoms with Crippen molar-refractivity contribution in [2.24, 2.45) is 5.73 Å². The van der Waals surface area contributed by atoms with Gasteiger partial charge in [0.25, 0.3) is 5.56 Å². The van der Waals surface area contributed by atoms with E-state index in [1.807, 2.05) is 0 Å². The van der Waals surface area contributed by atoms with Crippen LogP contribution in [0.5, 0.6) is 0 Å². The van der Waals surface area contributed by atoms with Gasteiger partial charge in [-0.25, -0.2) is 8.42 Å². The summed E-state index contributed by atoms with van der Waals surface area (Å²) in [5.74, 6) is -0.332. The van der Waals surface area contributed by atoms with E-state index in [9.17, 15) is 18.0 Å². The number of carbonyl (C=O) groups is 1. The highest BCUT2D eigenvalue weighted by Gasteiger charge is 2.32. The minimum Gasteiger partial charge on any atom is -0.444 e. The van der Waals surface area contributed by atoms with Gasteiger partial charge in [0.05, 0.1) is 4.90 Å². The Balaban J connectivity index is 1.53. The van der Waals surface area contributed by atoms with Crippen LogP contribution in [0.2, 0.25) is 0 Å². The van der Waals surface area contributed by atoms with Crippen LogP contribution in [-0.4, -0.2) is 42.4 Å². The lowest BCUT2D eigenvalue weighted by atomic mass is 10.1. The van der Waals surface area contributed by atoms with Gasteiger partial charge in [0.15, 0.2) is 6.73 Å². The molecule has 1 aliphatic rings. The number of aromatic nitrogens is 1. The normalized spacial score (nSPS) is 16.7. The number of ether oxygens (including phenoxy) is 1. The molecule has 1 aliphatic heterocycles. The van der Waals surface area contributed by atoms with Gasteiger partial charge in [0, 0.05) is 42.5 Å². The molecule has 1 atom stereocenters. The molecule has 194 valence electrons. The first kappa shape index (κ1) is 27.4. The number of hydrogen-bond acceptors (Lipinski definition) is 6. The van der Waals surface area contributed by atoms with Crippen LogP contribution in [0.4, 0.5) is 0 Å². The van der Waals surface area contributed by atoms with Crippen molar-refractivity contribution >= 4 is 26.8 Å². The fourth-order valence-corrected chi connectivity index (χ4v) is 6.24. The van der Waals surface area contributed by atoms with Gasteiger partial charge in [0.2, 0.25) is 10.0 Å². The van der Waals surface area contributed by atoms with Crippen molar-refractivity contribution in [3.05, 3.63) is 40.8 Å². The molecule has 1 saturated heterocycles. The molecular formula is C26H39N3O5S. The van der Waals surface area contributed by atoms with Crippen molar-refractivity contribution in [1.82, 2.24) is 8.87 Å². The second-order valence-corrected chi connectivity index (χ2v) is 11.4. The third-order valence-electron chi connectivity index (χ3n) is 6.63. The van der Waals surface area contributed by atoms with E-state index in [-0.39, 0.29) is 35.6 Å². The van der Waals surface area contributed by atoms with Crippen LogP contribution in [0.1, 0.15) is 77.6 Å². The van der Waals surface area contributed by atoms with Crippen LogP contribution in [0, 0.1) is 0 Å². The van der Waals surface area contributed by atoms with Crippen molar-refractivity contribution in [2.75, 3.05) is 13.1 Å². The number of esters is 1. The minimum atomic E-state index is -3.76. The third kappa shape index (κ3) is 7.38. The molecule has 2 heterocycles. The summed E-state index contributed by atoms with van der Waals surface area (Å²) in [6.07, 6.45) is 12.9. The molecule has 2 N–H and O–H groups in total. The van der Waals surface area contributed by atoms with Gasteiger partial charge < -0.3 is 10.5 Å². The zero-order chi connectivity index (χ0) is 25.3. The van der Waals surface area contributed by atoms with Crippen LogP contribution in [0.3, 0.4) is 0 Å². The van der Waals surface area contributed by atoms with E-state index in [0.29, 0.717) is 24.8 Å². The maximum absolute atomic E-state index is 13.1. The quantitative estimate of drug-likeness (QED) is 0.305. The first-order valence-corrected chi connectivity index (χ1v) is 14.3. The smallest absolute Gasteiger partial charge is 0.307 e. The van der Waals surface area contributed by atoms with Crippen LogP contribution >= 0.6 is 0 Å². The lowest BCUT2D eigenvalue weighted by Gasteiger charge is -2.17. The molecule has 8 nitrogen and oxygen atoms in total. The maximum atomic E-state index is 13.1. The topological polar surface area (TPSA) is 112 Å². The highest BCUT2D eigenvalue weighted by molar-refractivity contribution is 7.89. The summed E-state index contributed by atoms with van der Waals surface area (Å²) in [6.45, 7) is 2.66. The van der Waals surface area contributed by atoms with Gasteiger partial charge in [-0.3, -0.25) is 14.2 Å². The number of benzene rings is 1. The Morgan fingerprint density at radius 2 is 1.71 bits per heavy atom. The molecule has 0 bridgehead atoms. The van der Waals surface area contributed by atoms with E-state index in [1.165, 1.54) is 59.7 Å². The van der Waals surface area contributed by atoms with Crippen LogP contribution < -0.4 is 11.3 Å². The van der Waals surface area contributed by atoms with Gasteiger partial charge in [-0.1, -0.05) is 64.4 Å². The number of nitrogens with two attached hydrogens (primary N) is 1.